The monoisotopic (exact) mass is 1520 g/mol. The van der Waals surface area contributed by atoms with Crippen molar-refractivity contribution in [3.8, 4) is 0 Å². The molecule has 618 valence electrons. The molecule has 0 rings (SSSR count). The summed E-state index contributed by atoms with van der Waals surface area (Å²) in [5.41, 5.74) is 0. The van der Waals surface area contributed by atoms with Gasteiger partial charge in [-0.2, -0.15) is 0 Å². The van der Waals surface area contributed by atoms with Gasteiger partial charge in [0.05, 0.1) is 26.4 Å². The third-order valence-corrected chi connectivity index (χ3v) is 22.1. The fourth-order valence-corrected chi connectivity index (χ4v) is 14.7. The van der Waals surface area contributed by atoms with E-state index in [1.807, 2.05) is 0 Å². The molecule has 6 atom stereocenters. The molecule has 0 spiro atoms. The van der Waals surface area contributed by atoms with E-state index in [-0.39, 0.29) is 25.7 Å². The largest absolute Gasteiger partial charge is 0.472 e. The minimum absolute atomic E-state index is 0.106. The van der Waals surface area contributed by atoms with Crippen molar-refractivity contribution in [2.45, 2.75) is 459 Å². The molecule has 0 aromatic heterocycles. The van der Waals surface area contributed by atoms with Gasteiger partial charge in [0.1, 0.15) is 19.3 Å². The summed E-state index contributed by atoms with van der Waals surface area (Å²) in [5.74, 6) is 1.06. The number of aliphatic hydroxyl groups excluding tert-OH is 1. The molecule has 0 saturated heterocycles. The van der Waals surface area contributed by atoms with Gasteiger partial charge in [-0.25, -0.2) is 9.13 Å². The fourth-order valence-electron chi connectivity index (χ4n) is 13.1. The lowest BCUT2D eigenvalue weighted by Gasteiger charge is -2.21. The summed E-state index contributed by atoms with van der Waals surface area (Å²) in [6.07, 6.45) is 62.4. The second-order valence-corrected chi connectivity index (χ2v) is 35.2. The number of phosphoric ester groups is 2. The van der Waals surface area contributed by atoms with Crippen LogP contribution < -0.4 is 0 Å². The molecule has 0 aliphatic heterocycles. The Labute approximate surface area is 638 Å². The quantitative estimate of drug-likeness (QED) is 0.0222. The van der Waals surface area contributed by atoms with E-state index in [1.165, 1.54) is 244 Å². The lowest BCUT2D eigenvalue weighted by molar-refractivity contribution is -0.161. The third kappa shape index (κ3) is 76.8. The van der Waals surface area contributed by atoms with Gasteiger partial charge in [0, 0.05) is 25.7 Å². The van der Waals surface area contributed by atoms with Crippen molar-refractivity contribution >= 4 is 39.5 Å². The molecule has 104 heavy (non-hydrogen) atoms. The maximum Gasteiger partial charge on any atom is 0.472 e. The molecule has 0 aromatic carbocycles. The van der Waals surface area contributed by atoms with Crippen molar-refractivity contribution in [2.24, 2.45) is 23.7 Å². The molecule has 17 nitrogen and oxygen atoms in total. The second-order valence-electron chi connectivity index (χ2n) is 32.2. The van der Waals surface area contributed by atoms with E-state index in [0.29, 0.717) is 25.7 Å². The van der Waals surface area contributed by atoms with Crippen molar-refractivity contribution in [3.63, 3.8) is 0 Å². The summed E-state index contributed by atoms with van der Waals surface area (Å²) in [4.78, 5) is 73.2. The predicted octanol–water partition coefficient (Wildman–Crippen LogP) is 25.6. The van der Waals surface area contributed by atoms with Gasteiger partial charge >= 0.3 is 39.5 Å². The summed E-state index contributed by atoms with van der Waals surface area (Å²) in [7, 11) is -9.93. The molecule has 0 aromatic rings. The van der Waals surface area contributed by atoms with Crippen molar-refractivity contribution < 1.29 is 80.2 Å². The summed E-state index contributed by atoms with van der Waals surface area (Å²) in [6.45, 7) is 14.3. The van der Waals surface area contributed by atoms with Crippen molar-refractivity contribution in [3.05, 3.63) is 0 Å². The van der Waals surface area contributed by atoms with Crippen LogP contribution in [0, 0.1) is 23.7 Å². The van der Waals surface area contributed by atoms with Crippen LogP contribution in [0.5, 0.6) is 0 Å². The zero-order valence-corrected chi connectivity index (χ0v) is 70.5. The maximum absolute atomic E-state index is 13.1. The molecule has 0 radical (unpaired) electrons. The standard InChI is InChI=1S/C85H166O17P2/c1-9-78(8)64-56-48-40-35-36-42-50-58-66-83(88)96-72-81(102-85(90)68-60-52-44-34-28-22-25-31-39-47-55-63-77(6)7)74-100-104(93,94)98-70-79(86)69-97-103(91,92)99-73-80(101-84(89)67-59-51-43-33-27-21-17-13-11-15-19-24-30-38-46-54-62-76(4)5)71-95-82(87)65-57-49-41-32-26-20-16-12-10-14-18-23-29-37-45-53-61-75(2)3/h75-81,86H,9-74H2,1-8H3,(H,91,92)(H,93,94)/t78?,79-,80-,81-/m1/s1. The molecule has 3 N–H and O–H groups in total. The number of unbranched alkanes of at least 4 members (excludes halogenated alkanes) is 47. The average molecular weight is 1520 g/mol. The zero-order valence-electron chi connectivity index (χ0n) is 68.7. The normalized spacial score (nSPS) is 14.2. The van der Waals surface area contributed by atoms with Crippen LogP contribution in [0.1, 0.15) is 441 Å². The Hall–Kier alpha value is -1.94. The third-order valence-electron chi connectivity index (χ3n) is 20.2. The highest BCUT2D eigenvalue weighted by Crippen LogP contribution is 2.45. The first-order valence-electron chi connectivity index (χ1n) is 43.7. The number of rotatable bonds is 82. The van der Waals surface area contributed by atoms with E-state index in [2.05, 4.69) is 55.4 Å². The summed E-state index contributed by atoms with van der Waals surface area (Å²) in [6, 6.07) is 0. The lowest BCUT2D eigenvalue weighted by Crippen LogP contribution is -2.30. The lowest BCUT2D eigenvalue weighted by atomic mass is 9.99. The summed E-state index contributed by atoms with van der Waals surface area (Å²) in [5, 5.41) is 10.7. The minimum Gasteiger partial charge on any atom is -0.462 e. The van der Waals surface area contributed by atoms with E-state index in [0.717, 1.165) is 114 Å². The first-order valence-corrected chi connectivity index (χ1v) is 46.7. The Morgan fingerprint density at radius 3 is 0.683 bits per heavy atom. The Kier molecular flexibility index (Phi) is 72.5. The number of phosphoric acid groups is 2. The highest BCUT2D eigenvalue weighted by Gasteiger charge is 2.30. The van der Waals surface area contributed by atoms with E-state index < -0.39 is 97.5 Å². The van der Waals surface area contributed by atoms with E-state index in [1.54, 1.807) is 0 Å². The molecular weight excluding hydrogens is 1350 g/mol. The second kappa shape index (κ2) is 73.8. The van der Waals surface area contributed by atoms with Gasteiger partial charge < -0.3 is 33.8 Å². The topological polar surface area (TPSA) is 237 Å². The van der Waals surface area contributed by atoms with Crippen molar-refractivity contribution in [2.75, 3.05) is 39.6 Å². The molecule has 0 bridgehead atoms. The minimum atomic E-state index is -4.97. The van der Waals surface area contributed by atoms with Gasteiger partial charge in [-0.1, -0.05) is 389 Å². The molecule has 0 amide bonds. The molecule has 0 heterocycles. The molecule has 0 aliphatic carbocycles. The van der Waals surface area contributed by atoms with Crippen LogP contribution >= 0.6 is 15.6 Å². The number of ether oxygens (including phenoxy) is 4. The Bertz CT molecular complexity index is 2030. The highest BCUT2D eigenvalue weighted by molar-refractivity contribution is 7.47. The Balaban J connectivity index is 5.26. The average Bonchev–Trinajstić information content (AvgIpc) is 0.903. The van der Waals surface area contributed by atoms with Crippen LogP contribution in [-0.2, 0) is 65.4 Å². The SMILES string of the molecule is CCC(C)CCCCCCCCCCC(=O)OC[C@H](COP(=O)(O)OC[C@H](O)COP(=O)(O)OC[C@@H](COC(=O)CCCCCCCCCCCCCCCCCCC(C)C)OC(=O)CCCCCCCCCCCCCCCCCCC(C)C)OC(=O)CCCCCCCCCCCCCC(C)C. The smallest absolute Gasteiger partial charge is 0.462 e. The van der Waals surface area contributed by atoms with Gasteiger partial charge in [-0.15, -0.1) is 0 Å². The number of aliphatic hydroxyl groups is 1. The van der Waals surface area contributed by atoms with Crippen LogP contribution in [0.15, 0.2) is 0 Å². The van der Waals surface area contributed by atoms with Crippen LogP contribution in [0.3, 0.4) is 0 Å². The van der Waals surface area contributed by atoms with E-state index >= 15 is 0 Å². The van der Waals surface area contributed by atoms with Crippen molar-refractivity contribution in [1.82, 2.24) is 0 Å². The summed E-state index contributed by atoms with van der Waals surface area (Å²) < 4.78 is 68.9. The van der Waals surface area contributed by atoms with E-state index in [9.17, 15) is 43.2 Å². The number of carbonyl (C=O) groups excluding carboxylic acids is 4. The highest BCUT2D eigenvalue weighted by atomic mass is 31.2. The first kappa shape index (κ1) is 102. The first-order chi connectivity index (χ1) is 50.1. The Morgan fingerprint density at radius 1 is 0.269 bits per heavy atom. The molecule has 0 saturated carbocycles. The molecule has 19 heteroatoms. The predicted molar refractivity (Wildman–Crippen MR) is 428 cm³/mol. The van der Waals surface area contributed by atoms with Crippen LogP contribution in [-0.4, -0.2) is 96.7 Å². The fraction of sp³-hybridized carbons (Fsp3) is 0.953. The van der Waals surface area contributed by atoms with Crippen LogP contribution in [0.25, 0.3) is 0 Å². The maximum atomic E-state index is 13.1. The molecule has 3 unspecified atom stereocenters. The van der Waals surface area contributed by atoms with Gasteiger partial charge in [-0.05, 0) is 49.4 Å². The van der Waals surface area contributed by atoms with E-state index in [4.69, 9.17) is 37.0 Å². The van der Waals surface area contributed by atoms with Gasteiger partial charge in [0.15, 0.2) is 12.2 Å². The van der Waals surface area contributed by atoms with Gasteiger partial charge in [0.2, 0.25) is 0 Å². The Morgan fingerprint density at radius 2 is 0.462 bits per heavy atom. The number of hydrogen-bond donors (Lipinski definition) is 3. The van der Waals surface area contributed by atoms with Crippen LogP contribution in [0.4, 0.5) is 0 Å². The zero-order chi connectivity index (χ0) is 76.7. The molecule has 0 fully saturated rings. The van der Waals surface area contributed by atoms with Gasteiger partial charge in [0.25, 0.3) is 0 Å². The van der Waals surface area contributed by atoms with Crippen LogP contribution in [0.2, 0.25) is 0 Å². The number of hydrogen-bond acceptors (Lipinski definition) is 15. The van der Waals surface area contributed by atoms with Gasteiger partial charge in [-0.3, -0.25) is 37.3 Å². The number of esters is 4. The summed E-state index contributed by atoms with van der Waals surface area (Å²) >= 11 is 0. The van der Waals surface area contributed by atoms with Crippen molar-refractivity contribution in [1.29, 1.82) is 0 Å². The molecule has 0 aliphatic rings. The molecular formula is C85H166O17P2. The number of carbonyl (C=O) groups is 4.